The lowest BCUT2D eigenvalue weighted by molar-refractivity contribution is -0.161. The van der Waals surface area contributed by atoms with Crippen LogP contribution < -0.4 is 0 Å². The van der Waals surface area contributed by atoms with Crippen molar-refractivity contribution in [3.8, 4) is 0 Å². The van der Waals surface area contributed by atoms with E-state index in [0.29, 0.717) is 25.7 Å². The Labute approximate surface area is 324 Å². The molecule has 0 aliphatic carbocycles. The number of hydrogen-bond acceptors (Lipinski definition) is 7. The van der Waals surface area contributed by atoms with E-state index in [1.54, 1.807) is 24.3 Å². The zero-order valence-electron chi connectivity index (χ0n) is 33.9. The van der Waals surface area contributed by atoms with Crippen LogP contribution in [0.15, 0.2) is 72.9 Å². The second kappa shape index (κ2) is 39.0. The Kier molecular flexibility index (Phi) is 37.0. The maximum absolute atomic E-state index is 12.2. The molecule has 0 rings (SSSR count). The summed E-state index contributed by atoms with van der Waals surface area (Å²) in [7, 11) is 0. The molecule has 53 heavy (non-hydrogen) atoms. The highest BCUT2D eigenvalue weighted by Crippen LogP contribution is 2.16. The molecule has 0 fully saturated rings. The number of carbonyl (C=O) groups is 2. The van der Waals surface area contributed by atoms with Crippen molar-refractivity contribution in [3.05, 3.63) is 72.9 Å². The van der Waals surface area contributed by atoms with E-state index >= 15 is 0 Å². The zero-order chi connectivity index (χ0) is 39.0. The number of rotatable bonds is 36. The fourth-order valence-electron chi connectivity index (χ4n) is 5.62. The zero-order valence-corrected chi connectivity index (χ0v) is 33.9. The SMILES string of the molecule is CC/C=C\C[C@@H](O)/C=C/C=C\C/C=C\C=C\[C@@H](O)/C=C\CCCC(=O)OC[C@H](CO)OC(=O)CCCCCCCCCCCCCCCCC(C)CC. The molecular formula is C46H78O7. The summed E-state index contributed by atoms with van der Waals surface area (Å²) in [6.07, 6.45) is 44.6. The molecule has 0 aromatic carbocycles. The lowest BCUT2D eigenvalue weighted by Gasteiger charge is -2.15. The third kappa shape index (κ3) is 37.4. The molecule has 0 aliphatic rings. The highest BCUT2D eigenvalue weighted by Gasteiger charge is 2.16. The molecule has 7 heteroatoms. The first kappa shape index (κ1) is 50.3. The van der Waals surface area contributed by atoms with Gasteiger partial charge < -0.3 is 24.8 Å². The summed E-state index contributed by atoms with van der Waals surface area (Å²) in [5, 5.41) is 29.4. The van der Waals surface area contributed by atoms with Gasteiger partial charge in [-0.25, -0.2) is 0 Å². The minimum absolute atomic E-state index is 0.154. The van der Waals surface area contributed by atoms with Gasteiger partial charge in [0.15, 0.2) is 6.10 Å². The summed E-state index contributed by atoms with van der Waals surface area (Å²) in [5.74, 6) is 0.113. The highest BCUT2D eigenvalue weighted by atomic mass is 16.6. The van der Waals surface area contributed by atoms with E-state index in [9.17, 15) is 24.9 Å². The number of unbranched alkanes of at least 4 members (excludes halogenated alkanes) is 14. The Morgan fingerprint density at radius 3 is 1.77 bits per heavy atom. The van der Waals surface area contributed by atoms with Crippen molar-refractivity contribution in [1.29, 1.82) is 0 Å². The molecule has 4 atom stereocenters. The molecule has 0 saturated heterocycles. The summed E-state index contributed by atoms with van der Waals surface area (Å²) in [4.78, 5) is 24.3. The molecule has 0 amide bonds. The summed E-state index contributed by atoms with van der Waals surface area (Å²) >= 11 is 0. The molecule has 1 unspecified atom stereocenters. The van der Waals surface area contributed by atoms with Gasteiger partial charge in [0.1, 0.15) is 6.61 Å². The van der Waals surface area contributed by atoms with Crippen LogP contribution in [0, 0.1) is 5.92 Å². The fourth-order valence-corrected chi connectivity index (χ4v) is 5.62. The van der Waals surface area contributed by atoms with E-state index in [2.05, 4.69) is 20.8 Å². The van der Waals surface area contributed by atoms with Crippen LogP contribution >= 0.6 is 0 Å². The summed E-state index contributed by atoms with van der Waals surface area (Å²) in [6, 6.07) is 0. The minimum Gasteiger partial charge on any atom is -0.462 e. The lowest BCUT2D eigenvalue weighted by atomic mass is 9.99. The molecule has 0 radical (unpaired) electrons. The smallest absolute Gasteiger partial charge is 0.306 e. The van der Waals surface area contributed by atoms with Crippen molar-refractivity contribution >= 4 is 11.9 Å². The molecule has 304 valence electrons. The quantitative estimate of drug-likeness (QED) is 0.0253. The number of hydrogen-bond donors (Lipinski definition) is 3. The first-order valence-corrected chi connectivity index (χ1v) is 21.1. The number of ether oxygens (including phenoxy) is 2. The van der Waals surface area contributed by atoms with E-state index in [4.69, 9.17) is 9.47 Å². The third-order valence-electron chi connectivity index (χ3n) is 9.23. The fraction of sp³-hybridized carbons (Fsp3) is 0.696. The van der Waals surface area contributed by atoms with Crippen LogP contribution in [0.2, 0.25) is 0 Å². The third-order valence-corrected chi connectivity index (χ3v) is 9.23. The maximum atomic E-state index is 12.2. The van der Waals surface area contributed by atoms with Gasteiger partial charge in [0, 0.05) is 12.8 Å². The molecule has 0 spiro atoms. The lowest BCUT2D eigenvalue weighted by Crippen LogP contribution is -2.28. The first-order valence-electron chi connectivity index (χ1n) is 21.1. The van der Waals surface area contributed by atoms with Crippen LogP contribution in [-0.2, 0) is 19.1 Å². The molecule has 0 aromatic heterocycles. The number of esters is 2. The van der Waals surface area contributed by atoms with Gasteiger partial charge >= 0.3 is 11.9 Å². The van der Waals surface area contributed by atoms with Crippen LogP contribution in [0.3, 0.4) is 0 Å². The van der Waals surface area contributed by atoms with Gasteiger partial charge in [-0.1, -0.05) is 190 Å². The molecule has 0 bridgehead atoms. The van der Waals surface area contributed by atoms with E-state index in [1.807, 2.05) is 48.6 Å². The Morgan fingerprint density at radius 2 is 1.19 bits per heavy atom. The van der Waals surface area contributed by atoms with Crippen LogP contribution in [0.4, 0.5) is 0 Å². The second-order valence-electron chi connectivity index (χ2n) is 14.3. The highest BCUT2D eigenvalue weighted by molar-refractivity contribution is 5.70. The molecule has 0 heterocycles. The molecular weight excluding hydrogens is 664 g/mol. The molecule has 0 aliphatic heterocycles. The van der Waals surface area contributed by atoms with Gasteiger partial charge in [0.25, 0.3) is 0 Å². The predicted octanol–water partition coefficient (Wildman–Crippen LogP) is 11.1. The van der Waals surface area contributed by atoms with Gasteiger partial charge in [-0.2, -0.15) is 0 Å². The van der Waals surface area contributed by atoms with E-state index in [-0.39, 0.29) is 19.0 Å². The average molecular weight is 743 g/mol. The van der Waals surface area contributed by atoms with E-state index < -0.39 is 30.9 Å². The minimum atomic E-state index is -0.846. The Morgan fingerprint density at radius 1 is 0.623 bits per heavy atom. The van der Waals surface area contributed by atoms with Crippen molar-refractivity contribution in [2.24, 2.45) is 5.92 Å². The van der Waals surface area contributed by atoms with Crippen LogP contribution in [-0.4, -0.2) is 58.8 Å². The topological polar surface area (TPSA) is 113 Å². The second-order valence-corrected chi connectivity index (χ2v) is 14.3. The first-order chi connectivity index (χ1) is 25.8. The monoisotopic (exact) mass is 743 g/mol. The summed E-state index contributed by atoms with van der Waals surface area (Å²) in [5.41, 5.74) is 0. The van der Waals surface area contributed by atoms with Gasteiger partial charge in [0.2, 0.25) is 0 Å². The Balaban J connectivity index is 3.80. The van der Waals surface area contributed by atoms with Gasteiger partial charge in [-0.05, 0) is 44.4 Å². The average Bonchev–Trinajstić information content (AvgIpc) is 3.15. The molecule has 3 N–H and O–H groups in total. The van der Waals surface area contributed by atoms with Crippen molar-refractivity contribution in [2.75, 3.05) is 13.2 Å². The van der Waals surface area contributed by atoms with Crippen LogP contribution in [0.25, 0.3) is 0 Å². The van der Waals surface area contributed by atoms with Crippen molar-refractivity contribution in [2.45, 2.75) is 187 Å². The van der Waals surface area contributed by atoms with Crippen molar-refractivity contribution in [1.82, 2.24) is 0 Å². The normalized spacial score (nSPS) is 14.8. The molecule has 7 nitrogen and oxygen atoms in total. The van der Waals surface area contributed by atoms with Crippen molar-refractivity contribution < 1.29 is 34.4 Å². The maximum Gasteiger partial charge on any atom is 0.306 e. The molecule has 0 saturated carbocycles. The van der Waals surface area contributed by atoms with E-state index in [0.717, 1.165) is 38.0 Å². The Hall–Kier alpha value is -2.74. The van der Waals surface area contributed by atoms with Crippen LogP contribution in [0.5, 0.6) is 0 Å². The van der Waals surface area contributed by atoms with Gasteiger partial charge in [-0.15, -0.1) is 0 Å². The number of carbonyl (C=O) groups excluding carboxylic acids is 2. The van der Waals surface area contributed by atoms with E-state index in [1.165, 1.54) is 83.5 Å². The predicted molar refractivity (Wildman–Crippen MR) is 221 cm³/mol. The van der Waals surface area contributed by atoms with Gasteiger partial charge in [0.05, 0.1) is 18.8 Å². The van der Waals surface area contributed by atoms with Gasteiger partial charge in [-0.3, -0.25) is 9.59 Å². The van der Waals surface area contributed by atoms with Crippen molar-refractivity contribution in [3.63, 3.8) is 0 Å². The standard InChI is InChI=1S/C46H78O7/c1-4-6-25-33-42(48)34-27-21-17-15-18-22-28-35-43(49)36-29-24-31-37-45(50)52-40-44(39-47)53-46(51)38-30-23-19-14-12-10-8-7-9-11-13-16-20-26-32-41(3)5-2/h6,17-18,21-22,25,27-29,34-36,41-44,47-49H,4-5,7-16,19-20,23-24,26,30-33,37-40H2,1-3H3/b21-17-,22-18-,25-6-,34-27+,35-28+,36-29-/t41?,42-,43-,44+/m1/s1. The number of aliphatic hydroxyl groups is 3. The number of allylic oxidation sites excluding steroid dienone is 8. The summed E-state index contributed by atoms with van der Waals surface area (Å²) < 4.78 is 10.5. The van der Waals surface area contributed by atoms with Crippen LogP contribution in [0.1, 0.15) is 168 Å². The largest absolute Gasteiger partial charge is 0.462 e. The Bertz CT molecular complexity index is 1020. The summed E-state index contributed by atoms with van der Waals surface area (Å²) in [6.45, 7) is 6.16. The number of aliphatic hydroxyl groups excluding tert-OH is 3. The molecule has 0 aromatic rings.